The first kappa shape index (κ1) is 17.4. The van der Waals surface area contributed by atoms with Gasteiger partial charge in [0.2, 0.25) is 0 Å². The topological polar surface area (TPSA) is 34.1 Å². The summed E-state index contributed by atoms with van der Waals surface area (Å²) in [6.45, 7) is 4.68. The lowest BCUT2D eigenvalue weighted by molar-refractivity contribution is 0.118. The number of benzene rings is 1. The lowest BCUT2D eigenvalue weighted by Crippen LogP contribution is -2.23. The molecule has 2 heterocycles. The molecule has 122 valence electrons. The number of rotatable bonds is 4. The Balaban J connectivity index is 0.00000176. The number of nitrogens with zero attached hydrogens (tertiary/aromatic N) is 2. The number of oxime groups is 1. The van der Waals surface area contributed by atoms with Crippen molar-refractivity contribution in [1.82, 2.24) is 4.90 Å². The van der Waals surface area contributed by atoms with Crippen molar-refractivity contribution in [1.29, 1.82) is 0 Å². The summed E-state index contributed by atoms with van der Waals surface area (Å²) in [4.78, 5) is 7.95. The largest absolute Gasteiger partial charge is 0.493 e. The van der Waals surface area contributed by atoms with Gasteiger partial charge in [-0.15, -0.1) is 12.4 Å². The van der Waals surface area contributed by atoms with E-state index in [-0.39, 0.29) is 12.4 Å². The zero-order valence-electron chi connectivity index (χ0n) is 12.6. The van der Waals surface area contributed by atoms with Crippen LogP contribution in [0.3, 0.4) is 0 Å². The van der Waals surface area contributed by atoms with Crippen LogP contribution in [-0.2, 0) is 4.84 Å². The van der Waals surface area contributed by atoms with Crippen LogP contribution in [0.15, 0.2) is 23.4 Å². The fraction of sp³-hybridized carbons (Fsp3) is 0.562. The normalized spacial score (nSPS) is 20.0. The highest BCUT2D eigenvalue weighted by atomic mass is 35.5. The second-order valence-corrected chi connectivity index (χ2v) is 5.95. The van der Waals surface area contributed by atoms with Gasteiger partial charge in [0.05, 0.1) is 12.3 Å². The molecule has 0 atom stereocenters. The molecule has 0 saturated carbocycles. The SMILES string of the molecule is Cl.Clc1ccc2c(c1)/C(=N\OCCN1CCCC1)CCCO2. The van der Waals surface area contributed by atoms with Crippen molar-refractivity contribution in [2.75, 3.05) is 32.8 Å². The molecular weight excluding hydrogens is 323 g/mol. The predicted octanol–water partition coefficient (Wildman–Crippen LogP) is 3.75. The molecule has 0 bridgehead atoms. The van der Waals surface area contributed by atoms with Gasteiger partial charge in [0.15, 0.2) is 0 Å². The van der Waals surface area contributed by atoms with E-state index >= 15 is 0 Å². The van der Waals surface area contributed by atoms with Crippen molar-refractivity contribution < 1.29 is 9.57 Å². The van der Waals surface area contributed by atoms with Crippen molar-refractivity contribution in [2.45, 2.75) is 25.7 Å². The molecule has 0 amide bonds. The summed E-state index contributed by atoms with van der Waals surface area (Å²) in [5.41, 5.74) is 1.90. The Kier molecular flexibility index (Phi) is 6.80. The molecule has 0 spiro atoms. The third-order valence-corrected chi connectivity index (χ3v) is 4.18. The van der Waals surface area contributed by atoms with Gasteiger partial charge in [-0.2, -0.15) is 0 Å². The molecule has 4 nitrogen and oxygen atoms in total. The van der Waals surface area contributed by atoms with Gasteiger partial charge < -0.3 is 9.57 Å². The predicted molar refractivity (Wildman–Crippen MR) is 91.6 cm³/mol. The maximum atomic E-state index is 6.08. The van der Waals surface area contributed by atoms with Crippen LogP contribution in [0.4, 0.5) is 0 Å². The summed E-state index contributed by atoms with van der Waals surface area (Å²) in [7, 11) is 0. The van der Waals surface area contributed by atoms with Gasteiger partial charge in [-0.05, 0) is 57.0 Å². The number of hydrogen-bond acceptors (Lipinski definition) is 4. The number of fused-ring (bicyclic) bond motifs is 1. The summed E-state index contributed by atoms with van der Waals surface area (Å²) in [6, 6.07) is 5.66. The molecule has 1 saturated heterocycles. The molecule has 1 fully saturated rings. The molecule has 1 aromatic rings. The maximum absolute atomic E-state index is 6.08. The van der Waals surface area contributed by atoms with Crippen LogP contribution in [0, 0.1) is 0 Å². The minimum atomic E-state index is 0. The zero-order valence-corrected chi connectivity index (χ0v) is 14.2. The van der Waals surface area contributed by atoms with E-state index in [1.807, 2.05) is 18.2 Å². The molecule has 1 aromatic carbocycles. The summed E-state index contributed by atoms with van der Waals surface area (Å²) in [5, 5.41) is 5.04. The average Bonchev–Trinajstić information content (AvgIpc) is 2.92. The Morgan fingerprint density at radius 3 is 2.86 bits per heavy atom. The van der Waals surface area contributed by atoms with Gasteiger partial charge >= 0.3 is 0 Å². The first-order valence-electron chi connectivity index (χ1n) is 7.67. The van der Waals surface area contributed by atoms with Crippen LogP contribution in [0.5, 0.6) is 5.75 Å². The molecule has 0 radical (unpaired) electrons. The maximum Gasteiger partial charge on any atom is 0.129 e. The van der Waals surface area contributed by atoms with Crippen LogP contribution >= 0.6 is 24.0 Å². The zero-order chi connectivity index (χ0) is 14.5. The third kappa shape index (κ3) is 4.51. The van der Waals surface area contributed by atoms with E-state index < -0.39 is 0 Å². The number of hydrogen-bond donors (Lipinski definition) is 0. The second-order valence-electron chi connectivity index (χ2n) is 5.51. The first-order valence-corrected chi connectivity index (χ1v) is 8.04. The Bertz CT molecular complexity index is 517. The fourth-order valence-electron chi connectivity index (χ4n) is 2.80. The van der Waals surface area contributed by atoms with E-state index in [0.29, 0.717) is 18.2 Å². The highest BCUT2D eigenvalue weighted by molar-refractivity contribution is 6.31. The second kappa shape index (κ2) is 8.61. The molecule has 6 heteroatoms. The van der Waals surface area contributed by atoms with E-state index in [2.05, 4.69) is 10.1 Å². The van der Waals surface area contributed by atoms with Gasteiger partial charge in [-0.3, -0.25) is 4.90 Å². The molecule has 0 N–H and O–H groups in total. The van der Waals surface area contributed by atoms with Crippen molar-refractivity contribution >= 4 is 29.7 Å². The van der Waals surface area contributed by atoms with Gasteiger partial charge in [0.25, 0.3) is 0 Å². The molecule has 0 aromatic heterocycles. The van der Waals surface area contributed by atoms with Crippen molar-refractivity contribution in [3.63, 3.8) is 0 Å². The van der Waals surface area contributed by atoms with Crippen molar-refractivity contribution in [3.05, 3.63) is 28.8 Å². The van der Waals surface area contributed by atoms with Crippen LogP contribution in [-0.4, -0.2) is 43.5 Å². The van der Waals surface area contributed by atoms with Gasteiger partial charge in [-0.1, -0.05) is 16.8 Å². The summed E-state index contributed by atoms with van der Waals surface area (Å²) in [6.07, 6.45) is 4.41. The Morgan fingerprint density at radius 1 is 1.23 bits per heavy atom. The Morgan fingerprint density at radius 2 is 2.05 bits per heavy atom. The lowest BCUT2D eigenvalue weighted by Gasteiger charge is -2.13. The summed E-state index contributed by atoms with van der Waals surface area (Å²) >= 11 is 6.08. The summed E-state index contributed by atoms with van der Waals surface area (Å²) in [5.74, 6) is 0.846. The molecular formula is C16H22Cl2N2O2. The van der Waals surface area contributed by atoms with E-state index in [0.717, 1.165) is 36.4 Å². The van der Waals surface area contributed by atoms with Crippen molar-refractivity contribution in [3.8, 4) is 5.75 Å². The molecule has 0 unspecified atom stereocenters. The van der Waals surface area contributed by atoms with E-state index in [4.69, 9.17) is 21.2 Å². The number of ether oxygens (including phenoxy) is 1. The molecule has 2 aliphatic rings. The smallest absolute Gasteiger partial charge is 0.129 e. The minimum Gasteiger partial charge on any atom is -0.493 e. The average molecular weight is 345 g/mol. The standard InChI is InChI=1S/C16H21ClN2O2.ClH/c17-13-5-6-16-14(12-13)15(4-3-10-20-16)18-21-11-9-19-7-1-2-8-19;/h5-6,12H,1-4,7-11H2;1H/b18-15-;. The Hall–Kier alpha value is -0.970. The Labute approximate surface area is 142 Å². The van der Waals surface area contributed by atoms with Gasteiger partial charge in [0.1, 0.15) is 12.4 Å². The highest BCUT2D eigenvalue weighted by Crippen LogP contribution is 2.27. The van der Waals surface area contributed by atoms with Gasteiger partial charge in [-0.25, -0.2) is 0 Å². The monoisotopic (exact) mass is 344 g/mol. The quantitative estimate of drug-likeness (QED) is 0.616. The highest BCUT2D eigenvalue weighted by Gasteiger charge is 2.16. The fourth-order valence-corrected chi connectivity index (χ4v) is 2.98. The van der Waals surface area contributed by atoms with Crippen molar-refractivity contribution in [2.24, 2.45) is 5.16 Å². The van der Waals surface area contributed by atoms with E-state index in [9.17, 15) is 0 Å². The van der Waals surface area contributed by atoms with Crippen LogP contribution in [0.1, 0.15) is 31.2 Å². The first-order chi connectivity index (χ1) is 10.3. The van der Waals surface area contributed by atoms with E-state index in [1.54, 1.807) is 0 Å². The molecule has 0 aliphatic carbocycles. The molecule has 2 aliphatic heterocycles. The number of likely N-dealkylation sites (tertiary alicyclic amines) is 1. The summed E-state index contributed by atoms with van der Waals surface area (Å²) < 4.78 is 5.72. The van der Waals surface area contributed by atoms with Crippen LogP contribution in [0.2, 0.25) is 5.02 Å². The van der Waals surface area contributed by atoms with Crippen LogP contribution < -0.4 is 4.74 Å². The van der Waals surface area contributed by atoms with E-state index in [1.165, 1.54) is 25.9 Å². The van der Waals surface area contributed by atoms with Crippen LogP contribution in [0.25, 0.3) is 0 Å². The third-order valence-electron chi connectivity index (χ3n) is 3.94. The molecule has 22 heavy (non-hydrogen) atoms. The molecule has 3 rings (SSSR count). The van der Waals surface area contributed by atoms with Gasteiger partial charge in [0, 0.05) is 17.1 Å². The number of halogens is 2. The minimum absolute atomic E-state index is 0. The lowest BCUT2D eigenvalue weighted by atomic mass is 10.1.